The van der Waals surface area contributed by atoms with Crippen LogP contribution in [0.1, 0.15) is 0 Å². The van der Waals surface area contributed by atoms with Crippen LogP contribution in [0.2, 0.25) is 0 Å². The molecule has 0 unspecified atom stereocenters. The smallest absolute Gasteiger partial charge is 0.370 e. The quantitative estimate of drug-likeness (QED) is 0.588. The third-order valence-corrected chi connectivity index (χ3v) is 2.70. The van der Waals surface area contributed by atoms with Crippen LogP contribution in [0.25, 0.3) is 10.6 Å². The Bertz CT molecular complexity index is 514. The highest BCUT2D eigenvalue weighted by Gasteiger charge is 2.09. The number of carboxylic acid groups (broad SMARTS) is 1. The van der Waals surface area contributed by atoms with Crippen molar-refractivity contribution in [3.05, 3.63) is 24.5 Å². The lowest BCUT2D eigenvalue weighted by atomic mass is 10.3. The molecular formula is C9H9ClN4O2S. The second-order valence-electron chi connectivity index (χ2n) is 3.10. The van der Waals surface area contributed by atoms with Crippen molar-refractivity contribution in [2.75, 3.05) is 5.73 Å². The van der Waals surface area contributed by atoms with Crippen LogP contribution >= 0.6 is 11.3 Å². The SMILES string of the molecule is Nc1nnc(-c2cc[n+](CC(=O)O)cc2)s1.[Cl-]. The summed E-state index contributed by atoms with van der Waals surface area (Å²) in [5, 5.41) is 17.3. The number of halogens is 1. The van der Waals surface area contributed by atoms with Crippen molar-refractivity contribution in [2.24, 2.45) is 0 Å². The number of aliphatic carboxylic acids is 1. The van der Waals surface area contributed by atoms with Crippen LogP contribution in [0.4, 0.5) is 5.13 Å². The summed E-state index contributed by atoms with van der Waals surface area (Å²) in [6.07, 6.45) is 3.36. The van der Waals surface area contributed by atoms with Crippen molar-refractivity contribution in [1.29, 1.82) is 0 Å². The first-order valence-corrected chi connectivity index (χ1v) is 5.27. The molecule has 0 saturated carbocycles. The largest absolute Gasteiger partial charge is 1.00 e. The van der Waals surface area contributed by atoms with Crippen LogP contribution in [0.5, 0.6) is 0 Å². The minimum atomic E-state index is -0.877. The first-order valence-electron chi connectivity index (χ1n) is 4.45. The second kappa shape index (κ2) is 5.55. The van der Waals surface area contributed by atoms with Gasteiger partial charge in [0, 0.05) is 17.7 Å². The molecule has 6 nitrogen and oxygen atoms in total. The van der Waals surface area contributed by atoms with Crippen molar-refractivity contribution in [1.82, 2.24) is 10.2 Å². The van der Waals surface area contributed by atoms with E-state index in [0.717, 1.165) is 10.6 Å². The number of aromatic nitrogens is 3. The van der Waals surface area contributed by atoms with E-state index in [1.807, 2.05) is 0 Å². The molecule has 8 heteroatoms. The second-order valence-corrected chi connectivity index (χ2v) is 4.11. The van der Waals surface area contributed by atoms with Gasteiger partial charge in [0.1, 0.15) is 5.01 Å². The zero-order chi connectivity index (χ0) is 11.5. The van der Waals surface area contributed by atoms with E-state index < -0.39 is 5.97 Å². The van der Waals surface area contributed by atoms with Crippen molar-refractivity contribution in [3.8, 4) is 10.6 Å². The summed E-state index contributed by atoms with van der Waals surface area (Å²) in [6.45, 7) is -0.0570. The van der Waals surface area contributed by atoms with Gasteiger partial charge in [-0.25, -0.2) is 4.79 Å². The van der Waals surface area contributed by atoms with Gasteiger partial charge in [0.15, 0.2) is 12.4 Å². The van der Waals surface area contributed by atoms with E-state index in [4.69, 9.17) is 10.8 Å². The average Bonchev–Trinajstić information content (AvgIpc) is 2.65. The Hall–Kier alpha value is -1.73. The van der Waals surface area contributed by atoms with Gasteiger partial charge in [0.2, 0.25) is 11.7 Å². The number of anilines is 1. The van der Waals surface area contributed by atoms with Gasteiger partial charge in [0.25, 0.3) is 0 Å². The maximum Gasteiger partial charge on any atom is 0.370 e. The molecule has 0 aliphatic carbocycles. The number of carbonyl (C=O) groups is 1. The molecule has 2 aromatic heterocycles. The number of hydrogen-bond donors (Lipinski definition) is 2. The van der Waals surface area contributed by atoms with E-state index in [9.17, 15) is 4.79 Å². The number of hydrogen-bond acceptors (Lipinski definition) is 5. The van der Waals surface area contributed by atoms with E-state index in [0.29, 0.717) is 5.13 Å². The summed E-state index contributed by atoms with van der Waals surface area (Å²) in [5.41, 5.74) is 6.34. The third kappa shape index (κ3) is 3.36. The zero-order valence-corrected chi connectivity index (χ0v) is 10.1. The van der Waals surface area contributed by atoms with Gasteiger partial charge in [-0.15, -0.1) is 10.2 Å². The number of nitrogens with two attached hydrogens (primary N) is 1. The Kier molecular flexibility index (Phi) is 4.36. The van der Waals surface area contributed by atoms with E-state index >= 15 is 0 Å². The normalized spacial score (nSPS) is 9.65. The standard InChI is InChI=1S/C9H8N4O2S.ClH/c10-9-12-11-8(16-9)6-1-3-13(4-2-6)5-7(14)15;/h1-4,10H,5H2,(H,14,15);1H. The van der Waals surface area contributed by atoms with Gasteiger partial charge < -0.3 is 23.2 Å². The molecule has 0 aliphatic rings. The summed E-state index contributed by atoms with van der Waals surface area (Å²) in [4.78, 5) is 10.5. The lowest BCUT2D eigenvalue weighted by Crippen LogP contribution is -3.00. The molecule has 0 aliphatic heterocycles. The Balaban J connectivity index is 0.00000144. The van der Waals surface area contributed by atoms with Crippen LogP contribution in [-0.4, -0.2) is 21.3 Å². The summed E-state index contributed by atoms with van der Waals surface area (Å²) in [7, 11) is 0. The Morgan fingerprint density at radius 3 is 2.53 bits per heavy atom. The highest BCUT2D eigenvalue weighted by atomic mass is 35.5. The monoisotopic (exact) mass is 272 g/mol. The lowest BCUT2D eigenvalue weighted by Gasteiger charge is -1.94. The molecule has 0 amide bonds. The summed E-state index contributed by atoms with van der Waals surface area (Å²) >= 11 is 1.29. The van der Waals surface area contributed by atoms with E-state index in [1.54, 1.807) is 29.1 Å². The highest BCUT2D eigenvalue weighted by Crippen LogP contribution is 2.22. The highest BCUT2D eigenvalue weighted by molar-refractivity contribution is 7.18. The van der Waals surface area contributed by atoms with Gasteiger partial charge in [0.05, 0.1) is 0 Å². The number of pyridine rings is 1. The average molecular weight is 273 g/mol. The summed E-state index contributed by atoms with van der Waals surface area (Å²) < 4.78 is 1.57. The molecule has 2 heterocycles. The minimum Gasteiger partial charge on any atom is -1.00 e. The molecule has 0 aromatic carbocycles. The molecule has 3 N–H and O–H groups in total. The van der Waals surface area contributed by atoms with E-state index in [1.165, 1.54) is 11.3 Å². The van der Waals surface area contributed by atoms with Crippen LogP contribution in [0.15, 0.2) is 24.5 Å². The molecule has 0 bridgehead atoms. The van der Waals surface area contributed by atoms with E-state index in [-0.39, 0.29) is 19.0 Å². The fourth-order valence-electron chi connectivity index (χ4n) is 1.21. The Labute approximate surface area is 107 Å². The first-order chi connectivity index (χ1) is 7.65. The number of nitrogen functional groups attached to an aromatic ring is 1. The van der Waals surface area contributed by atoms with Gasteiger partial charge in [-0.3, -0.25) is 0 Å². The van der Waals surface area contributed by atoms with Crippen LogP contribution < -0.4 is 22.7 Å². The maximum absolute atomic E-state index is 10.5. The molecule has 2 aromatic rings. The minimum absolute atomic E-state index is 0. The van der Waals surface area contributed by atoms with Crippen molar-refractivity contribution in [3.63, 3.8) is 0 Å². The predicted molar refractivity (Wildman–Crippen MR) is 57.6 cm³/mol. The molecule has 0 spiro atoms. The van der Waals surface area contributed by atoms with Gasteiger partial charge in [-0.2, -0.15) is 4.57 Å². The molecule has 0 fully saturated rings. The molecule has 2 rings (SSSR count). The fourth-order valence-corrected chi connectivity index (χ4v) is 1.83. The molecule has 90 valence electrons. The molecule has 0 radical (unpaired) electrons. The summed E-state index contributed by atoms with van der Waals surface area (Å²) in [5.74, 6) is -0.877. The van der Waals surface area contributed by atoms with Gasteiger partial charge in [-0.05, 0) is 0 Å². The van der Waals surface area contributed by atoms with Crippen LogP contribution in [0.3, 0.4) is 0 Å². The molecule has 0 atom stereocenters. The Morgan fingerprint density at radius 1 is 1.41 bits per heavy atom. The van der Waals surface area contributed by atoms with Gasteiger partial charge in [-0.1, -0.05) is 11.3 Å². The predicted octanol–water partition coefficient (Wildman–Crippen LogP) is -2.84. The number of rotatable bonds is 3. The number of nitrogens with zero attached hydrogens (tertiary/aromatic N) is 3. The molecular weight excluding hydrogens is 264 g/mol. The number of carboxylic acids is 1. The first kappa shape index (κ1) is 13.3. The molecule has 17 heavy (non-hydrogen) atoms. The van der Waals surface area contributed by atoms with Crippen molar-refractivity contribution in [2.45, 2.75) is 6.54 Å². The van der Waals surface area contributed by atoms with Crippen LogP contribution in [0, 0.1) is 0 Å². The van der Waals surface area contributed by atoms with Crippen LogP contribution in [-0.2, 0) is 11.3 Å². The van der Waals surface area contributed by atoms with Gasteiger partial charge >= 0.3 is 5.97 Å². The lowest BCUT2D eigenvalue weighted by molar-refractivity contribution is -0.685. The maximum atomic E-state index is 10.5. The fraction of sp³-hybridized carbons (Fsp3) is 0.111. The third-order valence-electron chi connectivity index (χ3n) is 1.90. The van der Waals surface area contributed by atoms with E-state index in [2.05, 4.69) is 10.2 Å². The summed E-state index contributed by atoms with van der Waals surface area (Å²) in [6, 6.07) is 3.56. The van der Waals surface area contributed by atoms with Crippen molar-refractivity contribution >= 4 is 22.4 Å². The topological polar surface area (TPSA) is 93.0 Å². The van der Waals surface area contributed by atoms with Crippen molar-refractivity contribution < 1.29 is 26.9 Å². The zero-order valence-electron chi connectivity index (χ0n) is 8.58. The molecule has 0 saturated heterocycles. The Morgan fingerprint density at radius 2 is 2.06 bits per heavy atom.